The Morgan fingerprint density at radius 3 is 2.38 bits per heavy atom. The average molecular weight is 435 g/mol. The summed E-state index contributed by atoms with van der Waals surface area (Å²) >= 11 is 0. The van der Waals surface area contributed by atoms with E-state index in [1.54, 1.807) is 0 Å². The maximum absolute atomic E-state index is 11.5. The third-order valence-corrected chi connectivity index (χ3v) is 5.94. The molecule has 0 unspecified atom stereocenters. The lowest BCUT2D eigenvalue weighted by molar-refractivity contribution is 0.0131. The summed E-state index contributed by atoms with van der Waals surface area (Å²) in [5.41, 5.74) is 0.557. The molecule has 1 fully saturated rings. The molecule has 0 amide bonds. The predicted molar refractivity (Wildman–Crippen MR) is 110 cm³/mol. The van der Waals surface area contributed by atoms with Crippen LogP contribution in [0.25, 0.3) is 0 Å². The summed E-state index contributed by atoms with van der Waals surface area (Å²) in [6, 6.07) is 0.466. The lowest BCUT2D eigenvalue weighted by atomic mass is 10.4. The second-order valence-electron chi connectivity index (χ2n) is 7.24. The molecular formula is C18H35N5O5S. The zero-order valence-electron chi connectivity index (χ0n) is 18.5. The molecule has 1 aromatic rings. The first-order valence-corrected chi connectivity index (χ1v) is 12.0. The van der Waals surface area contributed by atoms with E-state index in [9.17, 15) is 8.42 Å². The molecule has 0 radical (unpaired) electrons. The highest BCUT2D eigenvalue weighted by Crippen LogP contribution is 2.07. The second-order valence-corrected chi connectivity index (χ2v) is 9.55. The fourth-order valence-electron chi connectivity index (χ4n) is 2.70. The summed E-state index contributed by atoms with van der Waals surface area (Å²) in [6.07, 6.45) is 0.243. The van der Waals surface area contributed by atoms with Crippen molar-refractivity contribution >= 4 is 9.84 Å². The summed E-state index contributed by atoms with van der Waals surface area (Å²) < 4.78 is 49.1. The van der Waals surface area contributed by atoms with E-state index in [0.717, 1.165) is 6.54 Å². The summed E-state index contributed by atoms with van der Waals surface area (Å²) in [5, 5.41) is 11.3. The fourth-order valence-corrected chi connectivity index (χ4v) is 3.98. The van der Waals surface area contributed by atoms with E-state index in [1.165, 1.54) is 4.68 Å². The van der Waals surface area contributed by atoms with Gasteiger partial charge in [0.25, 0.3) is 0 Å². The molecule has 10 nitrogen and oxygen atoms in total. The van der Waals surface area contributed by atoms with Gasteiger partial charge in [-0.15, -0.1) is 5.10 Å². The van der Waals surface area contributed by atoms with Crippen molar-refractivity contribution in [3.05, 3.63) is 11.9 Å². The number of aromatic nitrogens is 3. The van der Waals surface area contributed by atoms with Gasteiger partial charge in [-0.05, 0) is 0 Å². The number of sulfone groups is 1. The Hall–Kier alpha value is -1.11. The van der Waals surface area contributed by atoms with Crippen LogP contribution in [0, 0.1) is 0 Å². The Kier molecular flexibility index (Phi) is 10.3. The first-order chi connectivity index (χ1) is 14.4. The van der Waals surface area contributed by atoms with Crippen LogP contribution in [0.4, 0.5) is 0 Å². The predicted octanol–water partition coefficient (Wildman–Crippen LogP) is -0.444. The van der Waals surface area contributed by atoms with Crippen LogP contribution in [-0.2, 0) is 37.1 Å². The second kappa shape index (κ2) is 13.2. The first-order valence-electron chi connectivity index (χ1n) is 10.7. The lowest BCUT2D eigenvalue weighted by Crippen LogP contribution is -2.39. The third-order valence-electron chi connectivity index (χ3n) is 4.33. The zero-order valence-corrected chi connectivity index (χ0v) is 18.3. The minimum absolute atomic E-state index is 0.159. The van der Waals surface area contributed by atoms with Gasteiger partial charge in [0.05, 0.1) is 64.8 Å². The van der Waals surface area contributed by atoms with Crippen molar-refractivity contribution in [2.45, 2.75) is 33.0 Å². The molecule has 1 aliphatic heterocycles. The van der Waals surface area contributed by atoms with Gasteiger partial charge in [-0.3, -0.25) is 4.90 Å². The van der Waals surface area contributed by atoms with Gasteiger partial charge in [0, 0.05) is 38.4 Å². The van der Waals surface area contributed by atoms with Gasteiger partial charge < -0.3 is 19.5 Å². The van der Waals surface area contributed by atoms with Crippen LogP contribution in [0.1, 0.15) is 20.9 Å². The molecule has 0 saturated carbocycles. The quantitative estimate of drug-likeness (QED) is 0.367. The van der Waals surface area contributed by atoms with Crippen molar-refractivity contribution in [1.29, 1.82) is 0 Å². The highest BCUT2D eigenvalue weighted by molar-refractivity contribution is 7.91. The zero-order chi connectivity index (χ0) is 21.8. The summed E-state index contributed by atoms with van der Waals surface area (Å²) in [7, 11) is -2.91. The van der Waals surface area contributed by atoms with Crippen LogP contribution in [0.15, 0.2) is 6.17 Å². The molecule has 2 heterocycles. The Bertz CT molecular complexity index is 702. The van der Waals surface area contributed by atoms with Crippen molar-refractivity contribution in [3.8, 4) is 0 Å². The maximum atomic E-state index is 11.5. The number of nitrogens with one attached hydrogen (secondary N) is 1. The van der Waals surface area contributed by atoms with Gasteiger partial charge in [-0.1, -0.05) is 19.1 Å². The standard InChI is InChI=1S/C18H35N5O5S/c1-17(2)19-3-7-26-9-11-28-12-10-27-8-4-23-16-18(20-21-23)15-22-5-13-29(24,25)14-6-22/h16-17,19H,3-15H2,1-2H3/i16D. The molecule has 2 rings (SSSR count). The first kappa shape index (κ1) is 22.6. The van der Waals surface area contributed by atoms with E-state index < -0.39 is 9.84 Å². The molecule has 11 heteroatoms. The Morgan fingerprint density at radius 1 is 1.10 bits per heavy atom. The van der Waals surface area contributed by atoms with E-state index in [1.807, 2.05) is 4.90 Å². The largest absolute Gasteiger partial charge is 0.378 e. The molecule has 0 aromatic carbocycles. The van der Waals surface area contributed by atoms with Gasteiger partial charge in [0.2, 0.25) is 0 Å². The number of rotatable bonds is 15. The minimum atomic E-state index is -2.91. The molecule has 0 bridgehead atoms. The molecule has 29 heavy (non-hydrogen) atoms. The van der Waals surface area contributed by atoms with Crippen molar-refractivity contribution in [2.24, 2.45) is 0 Å². The molecule has 0 spiro atoms. The van der Waals surface area contributed by atoms with Crippen molar-refractivity contribution in [1.82, 2.24) is 25.2 Å². The van der Waals surface area contributed by atoms with Crippen molar-refractivity contribution in [3.63, 3.8) is 0 Å². The molecule has 1 aliphatic rings. The topological polar surface area (TPSA) is 108 Å². The Labute approximate surface area is 175 Å². The molecule has 1 N–H and O–H groups in total. The Balaban J connectivity index is 1.50. The fraction of sp³-hybridized carbons (Fsp3) is 0.889. The summed E-state index contributed by atoms with van der Waals surface area (Å²) in [6.45, 7) is 9.99. The van der Waals surface area contributed by atoms with Gasteiger partial charge in [-0.25, -0.2) is 13.1 Å². The van der Waals surface area contributed by atoms with Crippen molar-refractivity contribution in [2.75, 3.05) is 70.8 Å². The summed E-state index contributed by atoms with van der Waals surface area (Å²) in [4.78, 5) is 1.99. The van der Waals surface area contributed by atoms with Gasteiger partial charge in [0.1, 0.15) is 0 Å². The average Bonchev–Trinajstić information content (AvgIpc) is 3.03. The van der Waals surface area contributed by atoms with Crippen LogP contribution in [0.2, 0.25) is 0 Å². The molecule has 1 saturated heterocycles. The number of hydrogen-bond donors (Lipinski definition) is 1. The molecule has 0 aliphatic carbocycles. The van der Waals surface area contributed by atoms with E-state index in [4.69, 9.17) is 15.6 Å². The van der Waals surface area contributed by atoms with Gasteiger partial charge >= 0.3 is 0 Å². The van der Waals surface area contributed by atoms with E-state index in [0.29, 0.717) is 77.6 Å². The molecule has 168 valence electrons. The highest BCUT2D eigenvalue weighted by atomic mass is 32.2. The normalized spacial score (nSPS) is 17.7. The minimum Gasteiger partial charge on any atom is -0.378 e. The van der Waals surface area contributed by atoms with E-state index in [-0.39, 0.29) is 17.7 Å². The van der Waals surface area contributed by atoms with E-state index in [2.05, 4.69) is 29.5 Å². The highest BCUT2D eigenvalue weighted by Gasteiger charge is 2.22. The van der Waals surface area contributed by atoms with Crippen LogP contribution in [-0.4, -0.2) is 105 Å². The van der Waals surface area contributed by atoms with E-state index >= 15 is 0 Å². The SMILES string of the molecule is [2H]c1c(CN2CCS(=O)(=O)CC2)nnn1CCOCCOCCOCCNC(C)C. The molecular weight excluding hydrogens is 398 g/mol. The van der Waals surface area contributed by atoms with Crippen molar-refractivity contribution < 1.29 is 24.0 Å². The lowest BCUT2D eigenvalue weighted by Gasteiger charge is -2.25. The third kappa shape index (κ3) is 11.0. The number of hydrogen-bond acceptors (Lipinski definition) is 9. The smallest absolute Gasteiger partial charge is 0.152 e. The monoisotopic (exact) mass is 434 g/mol. The number of ether oxygens (including phenoxy) is 3. The molecule has 1 aromatic heterocycles. The van der Waals surface area contributed by atoms with Crippen LogP contribution < -0.4 is 5.32 Å². The molecule has 0 atom stereocenters. The maximum Gasteiger partial charge on any atom is 0.152 e. The Morgan fingerprint density at radius 2 is 1.72 bits per heavy atom. The number of nitrogens with zero attached hydrogens (tertiary/aromatic N) is 4. The van der Waals surface area contributed by atoms with Crippen LogP contribution in [0.3, 0.4) is 0 Å². The van der Waals surface area contributed by atoms with Crippen LogP contribution >= 0.6 is 0 Å². The van der Waals surface area contributed by atoms with Crippen LogP contribution in [0.5, 0.6) is 0 Å². The van der Waals surface area contributed by atoms with Gasteiger partial charge in [0.15, 0.2) is 9.84 Å². The summed E-state index contributed by atoms with van der Waals surface area (Å²) in [5.74, 6) is 0.317. The van der Waals surface area contributed by atoms with Gasteiger partial charge in [-0.2, -0.15) is 0 Å².